The topological polar surface area (TPSA) is 484 Å². The molecule has 4 aliphatic heterocycles. The molecule has 0 saturated carbocycles. The number of nitrogens with two attached hydrogens (primary N) is 1. The number of fused-ring (bicyclic) bond motifs is 3. The Morgan fingerprint density at radius 1 is 0.809 bits per heavy atom. The van der Waals surface area contributed by atoms with Gasteiger partial charge in [0.25, 0.3) is 18.2 Å². The van der Waals surface area contributed by atoms with Crippen LogP contribution in [0.5, 0.6) is 11.5 Å². The van der Waals surface area contributed by atoms with Crippen LogP contribution in [0.15, 0.2) is 72.9 Å². The summed E-state index contributed by atoms with van der Waals surface area (Å²) in [5, 5.41) is 121. The van der Waals surface area contributed by atoms with Crippen LogP contribution >= 0.6 is 23.7 Å². The van der Waals surface area contributed by atoms with Crippen LogP contribution in [0.25, 0.3) is 26.8 Å². The fourth-order valence-electron chi connectivity index (χ4n) is 11.6. The number of phenols is 1. The smallest absolute Gasteiger partial charge is 0.691 e. The molecule has 502 valence electrons. The summed E-state index contributed by atoms with van der Waals surface area (Å²) in [4.78, 5) is 123. The first-order chi connectivity index (χ1) is 44.2. The number of nitrogens with one attached hydrogen (secondary N) is 5. The van der Waals surface area contributed by atoms with E-state index in [2.05, 4.69) is 40.9 Å². The maximum absolute atomic E-state index is 14.7. The van der Waals surface area contributed by atoms with Gasteiger partial charge in [0.15, 0.2) is 11.5 Å². The number of hydrogen-bond donors (Lipinski definition) is 14. The van der Waals surface area contributed by atoms with Crippen molar-refractivity contribution < 1.29 is 132 Å². The Balaban J connectivity index is 0.0000113. The quantitative estimate of drug-likeness (QED) is 0.0143. The van der Waals surface area contributed by atoms with Gasteiger partial charge < -0.3 is 102 Å². The third-order valence-electron chi connectivity index (χ3n) is 16.3. The van der Waals surface area contributed by atoms with Crippen LogP contribution in [0.4, 0.5) is 5.69 Å². The van der Waals surface area contributed by atoms with Crippen molar-refractivity contribution in [1.29, 1.82) is 0 Å². The van der Waals surface area contributed by atoms with Gasteiger partial charge in [-0.3, -0.25) is 43.4 Å². The number of aromatic hydroxyl groups is 1. The summed E-state index contributed by atoms with van der Waals surface area (Å²) in [6.07, 6.45) is -14.3. The monoisotopic (exact) mass is 1360 g/mol. The molecule has 0 bridgehead atoms. The van der Waals surface area contributed by atoms with E-state index in [9.17, 15) is 84.5 Å². The van der Waals surface area contributed by atoms with Crippen molar-refractivity contribution in [3.63, 3.8) is 0 Å². The first kappa shape index (κ1) is 72.7. The van der Waals surface area contributed by atoms with Gasteiger partial charge in [-0.05, 0) is 74.9 Å². The second kappa shape index (κ2) is 31.6. The minimum absolute atomic E-state index is 0. The Kier molecular flexibility index (Phi) is 24.4. The number of aliphatic hydroxyl groups is 7. The molecule has 8 amide bonds. The van der Waals surface area contributed by atoms with Crippen molar-refractivity contribution in [3.05, 3.63) is 84.1 Å². The standard InChI is InChI=1S/C58H72N12O21S2.Na/c1-25-20-69-46(47(25)77)54(84)60-19-34(72)16-36(61-50(80)30-7-5-29(6-8-30)37-24-70-58(62-37)92-55(66-70)31-9-12-33(13-10-31)67-21-26(2)88-27(3)22-67)51(81)63-43(28(4)71)56(85)68-23-35(73)17-38(68)52(82)65-45(53(83)64-44(57(69)86)40(75)18-42(59)76)49(79)48(78)32-11-14-39(74)41(15-32)89-93-91-90-87;/h5-15,24-28,34-36,38,40,43-49,71-75,77-79,87H,16-23H2,1-4H3,(H2,59,76)(H,60,84)(H,61,80)(H,63,81)(H,64,83)(H,65,82);/q;+1/p-1/t25?,26-,27+,28?,34?,35?,36?,38?,40?,43?,44?,45?,46?,47?,48?,49?;. The van der Waals surface area contributed by atoms with Crippen molar-refractivity contribution in [1.82, 2.24) is 51.0 Å². The second-order valence-corrected chi connectivity index (χ2v) is 24.8. The molecule has 36 heteroatoms. The minimum Gasteiger partial charge on any atom is -0.691 e. The number of morpholine rings is 1. The van der Waals surface area contributed by atoms with E-state index in [4.69, 9.17) is 24.7 Å². The summed E-state index contributed by atoms with van der Waals surface area (Å²) in [6.45, 7) is 6.30. The number of imidazole rings is 1. The third-order valence-corrected chi connectivity index (χ3v) is 17.7. The predicted molar refractivity (Wildman–Crippen MR) is 322 cm³/mol. The van der Waals surface area contributed by atoms with E-state index in [1.165, 1.54) is 30.4 Å². The van der Waals surface area contributed by atoms with E-state index in [-0.39, 0.29) is 65.2 Å². The third kappa shape index (κ3) is 16.9. The summed E-state index contributed by atoms with van der Waals surface area (Å²) in [5.41, 5.74) is 8.06. The van der Waals surface area contributed by atoms with Gasteiger partial charge in [0.05, 0.1) is 61.0 Å². The zero-order valence-corrected chi connectivity index (χ0v) is 54.9. The van der Waals surface area contributed by atoms with Gasteiger partial charge in [0.1, 0.15) is 53.5 Å². The molecule has 0 spiro atoms. The molecular formula is C58H71N12NaO21S2. The number of β-amino-alcohol motifs (C(OH)–C–C–N with tert-alkyl or cyclic N) is 1. The molecular weight excluding hydrogens is 1290 g/mol. The summed E-state index contributed by atoms with van der Waals surface area (Å²) in [7, 11) is 0. The number of amides is 8. The van der Waals surface area contributed by atoms with Crippen LogP contribution in [0.2, 0.25) is 0 Å². The number of aliphatic hydroxyl groups excluding tert-OH is 7. The molecule has 3 aromatic carbocycles. The molecule has 94 heavy (non-hydrogen) atoms. The number of ether oxygens (including phenoxy) is 1. The van der Waals surface area contributed by atoms with Gasteiger partial charge in [-0.15, -0.1) is 4.33 Å². The van der Waals surface area contributed by atoms with Crippen LogP contribution in [0, 0.1) is 5.92 Å². The van der Waals surface area contributed by atoms with Crippen LogP contribution in [-0.4, -0.2) is 230 Å². The molecule has 6 heterocycles. The molecule has 2 aromatic heterocycles. The summed E-state index contributed by atoms with van der Waals surface area (Å²) < 4.78 is 16.6. The molecule has 15 N–H and O–H groups in total. The molecule has 5 aromatic rings. The van der Waals surface area contributed by atoms with E-state index in [0.717, 1.165) is 64.3 Å². The Morgan fingerprint density at radius 3 is 2.11 bits per heavy atom. The normalized spacial score (nSPS) is 27.3. The SMILES string of the molecule is CC(O)C1NC(=O)C(NC(=O)c2ccc(-c3cn4nc(-c5ccc(N6C[C@@H](C)O[C@@H](C)C6)cc5)sc4n3)cc2)CC(O)CNC(=O)C2C(O)C(C)CN2C(=O)C(C(O)CC(N)=O)NC(=O)C(C(O)C(O)c2ccc(O)c(OSOO[O-])c2)NC(=O)C2CC(O)CN2C1=O.[Na+]. The number of carbonyl (C=O) groups excluding carboxylic acids is 8. The Hall–Kier alpha value is -7.17. The van der Waals surface area contributed by atoms with Gasteiger partial charge in [-0.2, -0.15) is 5.10 Å². The molecule has 9 rings (SSSR count). The van der Waals surface area contributed by atoms with E-state index in [1.807, 2.05) is 38.1 Å². The van der Waals surface area contributed by atoms with Crippen molar-refractivity contribution in [2.24, 2.45) is 11.7 Å². The van der Waals surface area contributed by atoms with Gasteiger partial charge in [-0.1, -0.05) is 36.5 Å². The van der Waals surface area contributed by atoms with E-state index in [1.54, 1.807) is 22.8 Å². The number of hydrogen-bond acceptors (Lipinski definition) is 26. The maximum Gasteiger partial charge on any atom is 1.00 e. The van der Waals surface area contributed by atoms with Crippen molar-refractivity contribution in [3.8, 4) is 33.3 Å². The number of aromatic nitrogens is 3. The van der Waals surface area contributed by atoms with Crippen LogP contribution < -0.4 is 76.2 Å². The van der Waals surface area contributed by atoms with Crippen molar-refractivity contribution in [2.75, 3.05) is 37.6 Å². The van der Waals surface area contributed by atoms with Crippen LogP contribution in [0.1, 0.15) is 69.0 Å². The van der Waals surface area contributed by atoms with Crippen LogP contribution in [-0.2, 0) is 47.7 Å². The molecule has 0 radical (unpaired) electrons. The van der Waals surface area contributed by atoms with Crippen LogP contribution in [0.3, 0.4) is 0 Å². The van der Waals surface area contributed by atoms with E-state index < -0.39 is 183 Å². The predicted octanol–water partition coefficient (Wildman–Crippen LogP) is -7.07. The summed E-state index contributed by atoms with van der Waals surface area (Å²) in [6, 6.07) is 4.67. The Labute approximate surface area is 566 Å². The Morgan fingerprint density at radius 2 is 1.46 bits per heavy atom. The number of benzene rings is 3. The molecule has 14 unspecified atom stereocenters. The molecule has 0 aliphatic carbocycles. The first-order valence-corrected chi connectivity index (χ1v) is 30.9. The molecule has 16 atom stereocenters. The fourth-order valence-corrected chi connectivity index (χ4v) is 12.8. The van der Waals surface area contributed by atoms with Gasteiger partial charge in [-0.25, -0.2) is 9.50 Å². The number of carbonyl (C=O) groups is 8. The van der Waals surface area contributed by atoms with Crippen molar-refractivity contribution in [2.45, 2.75) is 138 Å². The van der Waals surface area contributed by atoms with E-state index >= 15 is 0 Å². The number of primary amides is 1. The summed E-state index contributed by atoms with van der Waals surface area (Å²) in [5.74, 6) is -12.0. The maximum atomic E-state index is 14.7. The zero-order chi connectivity index (χ0) is 67.3. The molecule has 4 aliphatic rings. The molecule has 4 fully saturated rings. The number of nitrogens with zero attached hydrogens (tertiary/aromatic N) is 6. The van der Waals surface area contributed by atoms with Gasteiger partial charge in [0, 0.05) is 73.9 Å². The second-order valence-electron chi connectivity index (χ2n) is 23.4. The number of anilines is 1. The average molecular weight is 1360 g/mol. The molecule has 4 saturated heterocycles. The van der Waals surface area contributed by atoms with Gasteiger partial charge >= 0.3 is 29.6 Å². The number of rotatable bonds is 16. The average Bonchev–Trinajstić information content (AvgIpc) is 1.62. The first-order valence-electron chi connectivity index (χ1n) is 29.5. The largest absolute Gasteiger partial charge is 1.00 e. The zero-order valence-electron chi connectivity index (χ0n) is 51.3. The molecule has 33 nitrogen and oxygen atoms in total. The van der Waals surface area contributed by atoms with E-state index in [0.29, 0.717) is 16.2 Å². The van der Waals surface area contributed by atoms with Crippen molar-refractivity contribution >= 4 is 81.6 Å². The summed E-state index contributed by atoms with van der Waals surface area (Å²) >= 11 is 1.28. The van der Waals surface area contributed by atoms with Gasteiger partial charge in [0.2, 0.25) is 46.3 Å². The fraction of sp³-hybridized carbons (Fsp3) is 0.483. The minimum atomic E-state index is -2.54. The Bertz CT molecular complexity index is 3510. The number of phenolic OH excluding ortho intramolecular Hbond substituents is 1.